The van der Waals surface area contributed by atoms with Crippen LogP contribution in [0.3, 0.4) is 0 Å². The smallest absolute Gasteiger partial charge is 0.325 e. The predicted molar refractivity (Wildman–Crippen MR) is 70.7 cm³/mol. The van der Waals surface area contributed by atoms with Gasteiger partial charge in [-0.15, -0.1) is 0 Å². The summed E-state index contributed by atoms with van der Waals surface area (Å²) in [5.41, 5.74) is 5.84. The second-order valence-electron chi connectivity index (χ2n) is 4.25. The van der Waals surface area contributed by atoms with Crippen molar-refractivity contribution in [3.8, 4) is 0 Å². The number of aliphatic carboxylic acids is 1. The molecule has 4 N–H and O–H groups in total. The van der Waals surface area contributed by atoms with Gasteiger partial charge >= 0.3 is 5.97 Å². The first-order chi connectivity index (χ1) is 9.41. The Bertz CT molecular complexity index is 703. The minimum Gasteiger partial charge on any atom is -0.480 e. The molecule has 1 heterocycles. The first-order valence-electron chi connectivity index (χ1n) is 5.78. The number of hydrogen-bond donors (Lipinski definition) is 3. The molecule has 0 aliphatic carbocycles. The molecule has 1 aromatic carbocycles. The highest BCUT2D eigenvalue weighted by Gasteiger charge is 2.20. The van der Waals surface area contributed by atoms with Crippen molar-refractivity contribution in [2.75, 3.05) is 5.73 Å². The number of carboxylic acids is 1. The molecular weight excluding hydrogens is 265 g/mol. The van der Waals surface area contributed by atoms with Gasteiger partial charge in [0.15, 0.2) is 0 Å². The van der Waals surface area contributed by atoms with Gasteiger partial charge in [0.2, 0.25) is 0 Å². The van der Waals surface area contributed by atoms with E-state index in [1.54, 1.807) is 0 Å². The van der Waals surface area contributed by atoms with Crippen molar-refractivity contribution >= 4 is 28.3 Å². The number of carbonyl (C=O) groups is 2. The van der Waals surface area contributed by atoms with Crippen molar-refractivity contribution in [3.05, 3.63) is 35.9 Å². The number of carboxylic acid groups (broad SMARTS) is 1. The van der Waals surface area contributed by atoms with Crippen LogP contribution in [-0.4, -0.2) is 28.0 Å². The molecule has 7 heteroatoms. The number of rotatable bonds is 3. The van der Waals surface area contributed by atoms with Crippen LogP contribution in [0.1, 0.15) is 17.4 Å². The summed E-state index contributed by atoms with van der Waals surface area (Å²) in [6.45, 7) is 1.30. The van der Waals surface area contributed by atoms with Crippen molar-refractivity contribution in [2.24, 2.45) is 0 Å². The number of anilines is 1. The second kappa shape index (κ2) is 5.12. The van der Waals surface area contributed by atoms with Crippen LogP contribution in [0, 0.1) is 5.82 Å². The van der Waals surface area contributed by atoms with Crippen LogP contribution in [0.15, 0.2) is 24.4 Å². The van der Waals surface area contributed by atoms with Gasteiger partial charge in [0.05, 0.1) is 5.39 Å². The van der Waals surface area contributed by atoms with E-state index in [-0.39, 0.29) is 11.1 Å². The van der Waals surface area contributed by atoms with E-state index in [0.29, 0.717) is 11.1 Å². The second-order valence-corrected chi connectivity index (χ2v) is 4.25. The van der Waals surface area contributed by atoms with Gasteiger partial charge in [0.1, 0.15) is 17.6 Å². The first-order valence-corrected chi connectivity index (χ1v) is 5.78. The number of fused-ring (bicyclic) bond motifs is 1. The van der Waals surface area contributed by atoms with Crippen molar-refractivity contribution in [2.45, 2.75) is 13.0 Å². The SMILES string of the molecule is CC(NC(=O)c1nccc2c(N)ccc(F)c12)C(=O)O. The zero-order chi connectivity index (χ0) is 14.9. The zero-order valence-electron chi connectivity index (χ0n) is 10.6. The molecule has 1 unspecified atom stereocenters. The fourth-order valence-corrected chi connectivity index (χ4v) is 1.78. The summed E-state index contributed by atoms with van der Waals surface area (Å²) >= 11 is 0. The van der Waals surface area contributed by atoms with Crippen LogP contribution in [0.25, 0.3) is 10.8 Å². The number of halogens is 1. The lowest BCUT2D eigenvalue weighted by atomic mass is 10.1. The summed E-state index contributed by atoms with van der Waals surface area (Å²) in [6.07, 6.45) is 1.32. The first kappa shape index (κ1) is 13.7. The molecule has 0 aliphatic rings. The summed E-state index contributed by atoms with van der Waals surface area (Å²) in [5, 5.41) is 11.3. The Morgan fingerprint density at radius 2 is 2.10 bits per heavy atom. The molecule has 1 atom stereocenters. The third kappa shape index (κ3) is 2.37. The Kier molecular flexibility index (Phi) is 3.51. The van der Waals surface area contributed by atoms with Crippen LogP contribution in [0.5, 0.6) is 0 Å². The molecule has 20 heavy (non-hydrogen) atoms. The average molecular weight is 277 g/mol. The number of nitrogens with zero attached hydrogens (tertiary/aromatic N) is 1. The maximum absolute atomic E-state index is 13.9. The minimum atomic E-state index is -1.20. The lowest BCUT2D eigenvalue weighted by Gasteiger charge is -2.11. The molecule has 0 radical (unpaired) electrons. The van der Waals surface area contributed by atoms with E-state index < -0.39 is 23.7 Å². The number of nitrogen functional groups attached to an aromatic ring is 1. The largest absolute Gasteiger partial charge is 0.480 e. The number of hydrogen-bond acceptors (Lipinski definition) is 4. The number of aromatic nitrogens is 1. The standard InChI is InChI=1S/C13H12FN3O3/c1-6(13(19)20)17-12(18)11-10-7(4-5-16-11)9(15)3-2-8(10)14/h2-6H,15H2,1H3,(H,17,18)(H,19,20). The Morgan fingerprint density at radius 3 is 2.75 bits per heavy atom. The Labute approximate surface area is 113 Å². The van der Waals surface area contributed by atoms with Crippen molar-refractivity contribution in [1.29, 1.82) is 0 Å². The average Bonchev–Trinajstić information content (AvgIpc) is 2.42. The predicted octanol–water partition coefficient (Wildman–Crippen LogP) is 1.16. The van der Waals surface area contributed by atoms with Crippen molar-refractivity contribution in [1.82, 2.24) is 10.3 Å². The third-order valence-electron chi connectivity index (χ3n) is 2.84. The maximum Gasteiger partial charge on any atom is 0.325 e. The Hall–Kier alpha value is -2.70. The summed E-state index contributed by atoms with van der Waals surface area (Å²) in [6, 6.07) is 2.91. The number of carbonyl (C=O) groups excluding carboxylic acids is 1. The molecule has 0 aliphatic heterocycles. The topological polar surface area (TPSA) is 105 Å². The normalized spacial score (nSPS) is 12.1. The molecule has 1 amide bonds. The van der Waals surface area contributed by atoms with Crippen molar-refractivity contribution in [3.63, 3.8) is 0 Å². The van der Waals surface area contributed by atoms with Gasteiger partial charge in [-0.3, -0.25) is 14.6 Å². The quantitative estimate of drug-likeness (QED) is 0.730. The third-order valence-corrected chi connectivity index (χ3v) is 2.84. The number of nitrogens with one attached hydrogen (secondary N) is 1. The van der Waals surface area contributed by atoms with E-state index >= 15 is 0 Å². The zero-order valence-corrected chi connectivity index (χ0v) is 10.6. The van der Waals surface area contributed by atoms with Crippen LogP contribution in [-0.2, 0) is 4.79 Å². The van der Waals surface area contributed by atoms with Crippen LogP contribution >= 0.6 is 0 Å². The molecule has 0 spiro atoms. The molecule has 0 saturated carbocycles. The molecular formula is C13H12FN3O3. The van der Waals surface area contributed by atoms with Gasteiger partial charge in [0.25, 0.3) is 5.91 Å². The minimum absolute atomic E-state index is 0.0254. The van der Waals surface area contributed by atoms with E-state index in [1.807, 2.05) is 0 Å². The van der Waals surface area contributed by atoms with Gasteiger partial charge in [-0.25, -0.2) is 4.39 Å². The molecule has 104 valence electrons. The summed E-state index contributed by atoms with van der Waals surface area (Å²) in [5.74, 6) is -2.61. The summed E-state index contributed by atoms with van der Waals surface area (Å²) in [4.78, 5) is 26.5. The molecule has 1 aromatic heterocycles. The molecule has 0 fully saturated rings. The lowest BCUT2D eigenvalue weighted by molar-refractivity contribution is -0.138. The fraction of sp³-hybridized carbons (Fsp3) is 0.154. The fourth-order valence-electron chi connectivity index (χ4n) is 1.78. The lowest BCUT2D eigenvalue weighted by Crippen LogP contribution is -2.38. The number of nitrogens with two attached hydrogens (primary N) is 1. The van der Waals surface area contributed by atoms with Gasteiger partial charge < -0.3 is 16.2 Å². The van der Waals surface area contributed by atoms with Crippen LogP contribution in [0.2, 0.25) is 0 Å². The van der Waals surface area contributed by atoms with E-state index in [2.05, 4.69) is 10.3 Å². The summed E-state index contributed by atoms with van der Waals surface area (Å²) < 4.78 is 13.9. The number of benzene rings is 1. The van der Waals surface area contributed by atoms with E-state index in [4.69, 9.17) is 10.8 Å². The van der Waals surface area contributed by atoms with Crippen LogP contribution < -0.4 is 11.1 Å². The Morgan fingerprint density at radius 1 is 1.40 bits per heavy atom. The van der Waals surface area contributed by atoms with Crippen LogP contribution in [0.4, 0.5) is 10.1 Å². The Balaban J connectivity index is 2.52. The van der Waals surface area contributed by atoms with Gasteiger partial charge in [-0.1, -0.05) is 0 Å². The van der Waals surface area contributed by atoms with Crippen molar-refractivity contribution < 1.29 is 19.1 Å². The molecule has 0 bridgehead atoms. The molecule has 2 aromatic rings. The highest BCUT2D eigenvalue weighted by atomic mass is 19.1. The summed E-state index contributed by atoms with van der Waals surface area (Å²) in [7, 11) is 0. The number of pyridine rings is 1. The van der Waals surface area contributed by atoms with Gasteiger partial charge in [0, 0.05) is 17.3 Å². The van der Waals surface area contributed by atoms with E-state index in [1.165, 1.54) is 25.3 Å². The highest BCUT2D eigenvalue weighted by molar-refractivity contribution is 6.08. The monoisotopic (exact) mass is 277 g/mol. The highest BCUT2D eigenvalue weighted by Crippen LogP contribution is 2.25. The molecule has 6 nitrogen and oxygen atoms in total. The van der Waals surface area contributed by atoms with Gasteiger partial charge in [-0.2, -0.15) is 0 Å². The number of amides is 1. The van der Waals surface area contributed by atoms with Gasteiger partial charge in [-0.05, 0) is 25.1 Å². The van der Waals surface area contributed by atoms with E-state index in [9.17, 15) is 14.0 Å². The molecule has 0 saturated heterocycles. The maximum atomic E-state index is 13.9. The van der Waals surface area contributed by atoms with E-state index in [0.717, 1.165) is 6.07 Å². The molecule has 2 rings (SSSR count).